The highest BCUT2D eigenvalue weighted by molar-refractivity contribution is 7.09. The molecule has 9 heteroatoms. The van der Waals surface area contributed by atoms with Gasteiger partial charge in [-0.05, 0) is 30.3 Å². The quantitative estimate of drug-likeness (QED) is 0.817. The first kappa shape index (κ1) is 20.3. The van der Waals surface area contributed by atoms with Crippen LogP contribution in [0.15, 0.2) is 9.59 Å². The van der Waals surface area contributed by atoms with Crippen LogP contribution in [-0.2, 0) is 6.54 Å². The minimum atomic E-state index is -0.479. The molecule has 8 nitrogen and oxygen atoms in total. The number of hydrogen-bond acceptors (Lipinski definition) is 6. The SMILES string of the molecule is CC(C)Cn1c(=O)[nH]c2c(C(=O)N3CCN(C4CCCCC4)CC3)snc2c1=O. The lowest BCUT2D eigenvalue weighted by atomic mass is 9.94. The van der Waals surface area contributed by atoms with E-state index < -0.39 is 11.2 Å². The maximum atomic E-state index is 13.1. The molecule has 2 aliphatic rings. The maximum absolute atomic E-state index is 13.1. The molecule has 1 saturated carbocycles. The summed E-state index contributed by atoms with van der Waals surface area (Å²) in [4.78, 5) is 45.6. The zero-order valence-electron chi connectivity index (χ0n) is 17.1. The summed E-state index contributed by atoms with van der Waals surface area (Å²) >= 11 is 1.01. The molecule has 2 aromatic heterocycles. The van der Waals surface area contributed by atoms with Gasteiger partial charge in [-0.2, -0.15) is 4.37 Å². The van der Waals surface area contributed by atoms with Crippen LogP contribution in [0.25, 0.3) is 11.0 Å². The third-order valence-electron chi connectivity index (χ3n) is 6.05. The fourth-order valence-electron chi connectivity index (χ4n) is 4.50. The van der Waals surface area contributed by atoms with Gasteiger partial charge in [-0.25, -0.2) is 4.79 Å². The van der Waals surface area contributed by atoms with Crippen LogP contribution >= 0.6 is 11.5 Å². The molecule has 2 aromatic rings. The number of carbonyl (C=O) groups excluding carboxylic acids is 1. The molecule has 2 fully saturated rings. The number of rotatable bonds is 4. The molecule has 3 heterocycles. The maximum Gasteiger partial charge on any atom is 0.328 e. The topological polar surface area (TPSA) is 91.3 Å². The minimum Gasteiger partial charge on any atom is -0.335 e. The first-order valence-corrected chi connectivity index (χ1v) is 11.4. The summed E-state index contributed by atoms with van der Waals surface area (Å²) in [5.74, 6) is 0.0175. The molecule has 0 atom stereocenters. The van der Waals surface area contributed by atoms with Crippen molar-refractivity contribution in [3.8, 4) is 0 Å². The molecule has 4 rings (SSSR count). The molecule has 158 valence electrons. The van der Waals surface area contributed by atoms with Crippen molar-refractivity contribution in [1.82, 2.24) is 23.7 Å². The molecular formula is C20H29N5O3S. The van der Waals surface area contributed by atoms with Gasteiger partial charge in [0.25, 0.3) is 11.5 Å². The van der Waals surface area contributed by atoms with Crippen molar-refractivity contribution in [3.05, 3.63) is 25.7 Å². The molecule has 1 aliphatic heterocycles. The average Bonchev–Trinajstić information content (AvgIpc) is 3.15. The van der Waals surface area contributed by atoms with E-state index in [1.165, 1.54) is 36.7 Å². The number of nitrogens with one attached hydrogen (secondary N) is 1. The lowest BCUT2D eigenvalue weighted by Crippen LogP contribution is -2.52. The van der Waals surface area contributed by atoms with Gasteiger partial charge in [0.2, 0.25) is 0 Å². The van der Waals surface area contributed by atoms with E-state index in [9.17, 15) is 14.4 Å². The highest BCUT2D eigenvalue weighted by atomic mass is 32.1. The first-order valence-electron chi connectivity index (χ1n) is 10.6. The van der Waals surface area contributed by atoms with Gasteiger partial charge in [0.15, 0.2) is 5.52 Å². The van der Waals surface area contributed by atoms with E-state index in [2.05, 4.69) is 14.3 Å². The van der Waals surface area contributed by atoms with Gasteiger partial charge in [0, 0.05) is 38.8 Å². The van der Waals surface area contributed by atoms with Gasteiger partial charge < -0.3 is 9.88 Å². The van der Waals surface area contributed by atoms with E-state index in [1.807, 2.05) is 18.7 Å². The molecule has 1 amide bonds. The lowest BCUT2D eigenvalue weighted by molar-refractivity contribution is 0.0528. The van der Waals surface area contributed by atoms with Crippen LogP contribution in [0.3, 0.4) is 0 Å². The average molecular weight is 420 g/mol. The summed E-state index contributed by atoms with van der Waals surface area (Å²) in [6, 6.07) is 0.654. The fraction of sp³-hybridized carbons (Fsp3) is 0.700. The van der Waals surface area contributed by atoms with Crippen molar-refractivity contribution in [2.24, 2.45) is 5.92 Å². The number of amides is 1. The number of aromatic amines is 1. The van der Waals surface area contributed by atoms with E-state index in [1.54, 1.807) is 0 Å². The Morgan fingerprint density at radius 1 is 1.14 bits per heavy atom. The molecule has 0 bridgehead atoms. The zero-order chi connectivity index (χ0) is 20.5. The van der Waals surface area contributed by atoms with Crippen LogP contribution in [-0.4, -0.2) is 61.9 Å². The van der Waals surface area contributed by atoms with Crippen LogP contribution in [0.5, 0.6) is 0 Å². The van der Waals surface area contributed by atoms with Crippen LogP contribution in [0.4, 0.5) is 0 Å². The first-order chi connectivity index (χ1) is 14.0. The second-order valence-electron chi connectivity index (χ2n) is 8.60. The number of hydrogen-bond donors (Lipinski definition) is 1. The Morgan fingerprint density at radius 3 is 2.48 bits per heavy atom. The zero-order valence-corrected chi connectivity index (χ0v) is 18.0. The number of H-pyrrole nitrogens is 1. The minimum absolute atomic E-state index is 0.141. The molecule has 0 radical (unpaired) electrons. The van der Waals surface area contributed by atoms with E-state index >= 15 is 0 Å². The second-order valence-corrected chi connectivity index (χ2v) is 9.37. The molecule has 0 unspecified atom stereocenters. The third-order valence-corrected chi connectivity index (χ3v) is 6.89. The van der Waals surface area contributed by atoms with Gasteiger partial charge >= 0.3 is 5.69 Å². The van der Waals surface area contributed by atoms with Crippen molar-refractivity contribution in [2.45, 2.75) is 58.5 Å². The summed E-state index contributed by atoms with van der Waals surface area (Å²) in [5, 5.41) is 0. The predicted octanol–water partition coefficient (Wildman–Crippen LogP) is 1.89. The van der Waals surface area contributed by atoms with Gasteiger partial charge in [0.05, 0.1) is 5.52 Å². The summed E-state index contributed by atoms with van der Waals surface area (Å²) in [6.07, 6.45) is 6.47. The third kappa shape index (κ3) is 4.02. The predicted molar refractivity (Wildman–Crippen MR) is 114 cm³/mol. The van der Waals surface area contributed by atoms with Crippen molar-refractivity contribution in [2.75, 3.05) is 26.2 Å². The van der Waals surface area contributed by atoms with Crippen LogP contribution in [0, 0.1) is 5.92 Å². The summed E-state index contributed by atoms with van der Waals surface area (Å²) in [5.41, 5.74) is -0.438. The summed E-state index contributed by atoms with van der Waals surface area (Å²) in [7, 11) is 0. The van der Waals surface area contributed by atoms with Crippen molar-refractivity contribution < 1.29 is 4.79 Å². The number of aromatic nitrogens is 3. The molecule has 29 heavy (non-hydrogen) atoms. The Balaban J connectivity index is 1.52. The highest BCUT2D eigenvalue weighted by Crippen LogP contribution is 2.25. The monoisotopic (exact) mass is 419 g/mol. The van der Waals surface area contributed by atoms with E-state index in [-0.39, 0.29) is 22.9 Å². The molecule has 0 aromatic carbocycles. The largest absolute Gasteiger partial charge is 0.335 e. The van der Waals surface area contributed by atoms with E-state index in [0.717, 1.165) is 24.6 Å². The van der Waals surface area contributed by atoms with Gasteiger partial charge in [-0.15, -0.1) is 0 Å². The summed E-state index contributed by atoms with van der Waals surface area (Å²) < 4.78 is 5.38. The Labute approximate surface area is 173 Å². The van der Waals surface area contributed by atoms with Gasteiger partial charge in [-0.3, -0.25) is 19.1 Å². The lowest BCUT2D eigenvalue weighted by Gasteiger charge is -2.40. The van der Waals surface area contributed by atoms with Crippen molar-refractivity contribution in [3.63, 3.8) is 0 Å². The molecule has 1 saturated heterocycles. The molecule has 1 N–H and O–H groups in total. The van der Waals surface area contributed by atoms with Crippen molar-refractivity contribution in [1.29, 1.82) is 0 Å². The normalized spacial score (nSPS) is 19.3. The summed E-state index contributed by atoms with van der Waals surface area (Å²) in [6.45, 7) is 7.31. The molecule has 1 aliphatic carbocycles. The van der Waals surface area contributed by atoms with Crippen molar-refractivity contribution >= 4 is 28.5 Å². The van der Waals surface area contributed by atoms with E-state index in [0.29, 0.717) is 30.6 Å². The Kier molecular flexibility index (Phi) is 5.87. The smallest absolute Gasteiger partial charge is 0.328 e. The van der Waals surface area contributed by atoms with Gasteiger partial charge in [-0.1, -0.05) is 33.1 Å². The van der Waals surface area contributed by atoms with Crippen LogP contribution < -0.4 is 11.2 Å². The number of carbonyl (C=O) groups is 1. The van der Waals surface area contributed by atoms with Gasteiger partial charge in [0.1, 0.15) is 4.88 Å². The number of fused-ring (bicyclic) bond motifs is 1. The fourth-order valence-corrected chi connectivity index (χ4v) is 5.30. The second kappa shape index (κ2) is 8.39. The van der Waals surface area contributed by atoms with Crippen LogP contribution in [0.1, 0.15) is 55.6 Å². The Bertz CT molecular complexity index is 994. The number of nitrogens with zero attached hydrogens (tertiary/aromatic N) is 4. The Hall–Kier alpha value is -2.00. The Morgan fingerprint density at radius 2 is 1.83 bits per heavy atom. The molecule has 0 spiro atoms. The standard InChI is InChI=1S/C20H29N5O3S/c1-13(2)12-25-18(26)16-15(21-20(25)28)17(29-22-16)19(27)24-10-8-23(9-11-24)14-6-4-3-5-7-14/h13-14H,3-12H2,1-2H3,(H,21,28). The van der Waals surface area contributed by atoms with E-state index in [4.69, 9.17) is 0 Å². The highest BCUT2D eigenvalue weighted by Gasteiger charge is 2.29. The van der Waals surface area contributed by atoms with Crippen LogP contribution in [0.2, 0.25) is 0 Å². The molecular weight excluding hydrogens is 390 g/mol. The number of piperazine rings is 1.